The Labute approximate surface area is 167 Å². The molecule has 0 bridgehead atoms. The van der Waals surface area contributed by atoms with Gasteiger partial charge in [-0.1, -0.05) is 23.7 Å². The third kappa shape index (κ3) is 5.71. The molecule has 4 nitrogen and oxygen atoms in total. The zero-order chi connectivity index (χ0) is 19.4. The molecule has 1 aliphatic heterocycles. The van der Waals surface area contributed by atoms with Crippen LogP contribution in [0.1, 0.15) is 18.9 Å². The van der Waals surface area contributed by atoms with Gasteiger partial charge in [0, 0.05) is 36.3 Å². The van der Waals surface area contributed by atoms with E-state index in [1.54, 1.807) is 24.3 Å². The third-order valence-corrected chi connectivity index (χ3v) is 6.47. The van der Waals surface area contributed by atoms with Crippen LogP contribution in [-0.4, -0.2) is 45.3 Å². The summed E-state index contributed by atoms with van der Waals surface area (Å²) in [6.45, 7) is 4.94. The van der Waals surface area contributed by atoms with E-state index < -0.39 is 9.84 Å². The van der Waals surface area contributed by atoms with E-state index in [1.165, 1.54) is 11.8 Å². The van der Waals surface area contributed by atoms with Crippen molar-refractivity contribution in [2.45, 2.75) is 30.7 Å². The smallest absolute Gasteiger partial charge is 0.175 e. The SMILES string of the molecule is C[C@@H]1C[C@@H](COc2ccc(S(C)(=O)=O)cc2)CN1CCc1cccc(Cl)c1. The average Bonchev–Trinajstić information content (AvgIpc) is 2.98. The number of ether oxygens (including phenoxy) is 1. The van der Waals surface area contributed by atoms with Gasteiger partial charge in [0.1, 0.15) is 5.75 Å². The summed E-state index contributed by atoms with van der Waals surface area (Å²) in [7, 11) is -3.17. The van der Waals surface area contributed by atoms with Gasteiger partial charge in [0.2, 0.25) is 0 Å². The molecule has 0 unspecified atom stereocenters. The van der Waals surface area contributed by atoms with E-state index in [0.717, 1.165) is 31.0 Å². The molecule has 3 rings (SSSR count). The lowest BCUT2D eigenvalue weighted by molar-refractivity contribution is 0.234. The number of nitrogens with zero attached hydrogens (tertiary/aromatic N) is 1. The van der Waals surface area contributed by atoms with Crippen molar-refractivity contribution in [2.75, 3.05) is 26.0 Å². The van der Waals surface area contributed by atoms with E-state index in [1.807, 2.05) is 18.2 Å². The maximum Gasteiger partial charge on any atom is 0.175 e. The number of likely N-dealkylation sites (tertiary alicyclic amines) is 1. The molecule has 1 fully saturated rings. The van der Waals surface area contributed by atoms with Crippen LogP contribution in [0.15, 0.2) is 53.4 Å². The molecule has 0 aliphatic carbocycles. The maximum atomic E-state index is 11.5. The maximum absolute atomic E-state index is 11.5. The Morgan fingerprint density at radius 2 is 1.93 bits per heavy atom. The molecule has 0 radical (unpaired) electrons. The fourth-order valence-electron chi connectivity index (χ4n) is 3.61. The summed E-state index contributed by atoms with van der Waals surface area (Å²) in [6, 6.07) is 15.2. The van der Waals surface area contributed by atoms with Crippen molar-refractivity contribution in [3.8, 4) is 5.75 Å². The van der Waals surface area contributed by atoms with Gasteiger partial charge < -0.3 is 4.74 Å². The quantitative estimate of drug-likeness (QED) is 0.693. The molecule has 2 aromatic carbocycles. The van der Waals surface area contributed by atoms with Crippen LogP contribution in [0.4, 0.5) is 0 Å². The van der Waals surface area contributed by atoms with Gasteiger partial charge in [-0.15, -0.1) is 0 Å². The lowest BCUT2D eigenvalue weighted by Crippen LogP contribution is -2.29. The standard InChI is InChI=1S/C21H26ClNO3S/c1-16-12-18(14-23(16)11-10-17-4-3-5-19(22)13-17)15-26-20-6-8-21(9-7-20)27(2,24)25/h3-9,13,16,18H,10-12,14-15H2,1-2H3/t16-,18-/m1/s1. The Bertz CT molecular complexity index is 867. The van der Waals surface area contributed by atoms with Crippen molar-refractivity contribution in [3.05, 3.63) is 59.1 Å². The van der Waals surface area contributed by atoms with E-state index in [4.69, 9.17) is 16.3 Å². The van der Waals surface area contributed by atoms with Crippen LogP contribution in [0, 0.1) is 5.92 Å². The van der Waals surface area contributed by atoms with Crippen LogP contribution < -0.4 is 4.74 Å². The molecule has 27 heavy (non-hydrogen) atoms. The van der Waals surface area contributed by atoms with E-state index in [0.29, 0.717) is 29.2 Å². The first-order valence-corrected chi connectivity index (χ1v) is 11.5. The van der Waals surface area contributed by atoms with Crippen LogP contribution in [0.5, 0.6) is 5.75 Å². The first-order valence-electron chi connectivity index (χ1n) is 9.22. The fraction of sp³-hybridized carbons (Fsp3) is 0.429. The predicted molar refractivity (Wildman–Crippen MR) is 109 cm³/mol. The summed E-state index contributed by atoms with van der Waals surface area (Å²) in [5.74, 6) is 1.20. The van der Waals surface area contributed by atoms with Crippen molar-refractivity contribution < 1.29 is 13.2 Å². The number of benzene rings is 2. The predicted octanol–water partition coefficient (Wildman–Crippen LogP) is 4.08. The summed E-state index contributed by atoms with van der Waals surface area (Å²) in [5, 5.41) is 0.787. The molecule has 0 amide bonds. The molecule has 6 heteroatoms. The second-order valence-electron chi connectivity index (χ2n) is 7.38. The van der Waals surface area contributed by atoms with Crippen LogP contribution in [0.2, 0.25) is 5.02 Å². The van der Waals surface area contributed by atoms with Gasteiger partial charge in [0.25, 0.3) is 0 Å². The van der Waals surface area contributed by atoms with Crippen LogP contribution >= 0.6 is 11.6 Å². The second kappa shape index (κ2) is 8.63. The summed E-state index contributed by atoms with van der Waals surface area (Å²) >= 11 is 6.06. The van der Waals surface area contributed by atoms with E-state index in [9.17, 15) is 8.42 Å². The van der Waals surface area contributed by atoms with E-state index in [-0.39, 0.29) is 0 Å². The Kier molecular flexibility index (Phi) is 6.45. The third-order valence-electron chi connectivity index (χ3n) is 5.10. The Balaban J connectivity index is 1.48. The molecule has 2 aromatic rings. The number of hydrogen-bond donors (Lipinski definition) is 0. The van der Waals surface area contributed by atoms with E-state index in [2.05, 4.69) is 17.9 Å². The van der Waals surface area contributed by atoms with Crippen LogP contribution in [0.25, 0.3) is 0 Å². The Hall–Kier alpha value is -1.56. The second-order valence-corrected chi connectivity index (χ2v) is 9.83. The number of hydrogen-bond acceptors (Lipinski definition) is 4. The lowest BCUT2D eigenvalue weighted by Gasteiger charge is -2.21. The lowest BCUT2D eigenvalue weighted by atomic mass is 10.1. The highest BCUT2D eigenvalue weighted by atomic mass is 35.5. The molecular weight excluding hydrogens is 382 g/mol. The minimum atomic E-state index is -3.17. The first-order chi connectivity index (χ1) is 12.8. The minimum absolute atomic E-state index is 0.316. The van der Waals surface area contributed by atoms with Gasteiger partial charge >= 0.3 is 0 Å². The Morgan fingerprint density at radius 1 is 1.19 bits per heavy atom. The average molecular weight is 408 g/mol. The molecule has 0 aromatic heterocycles. The number of rotatable bonds is 7. The highest BCUT2D eigenvalue weighted by molar-refractivity contribution is 7.90. The first kappa shape index (κ1) is 20.2. The van der Waals surface area contributed by atoms with Crippen molar-refractivity contribution in [1.29, 1.82) is 0 Å². The summed E-state index contributed by atoms with van der Waals surface area (Å²) in [4.78, 5) is 2.82. The van der Waals surface area contributed by atoms with Gasteiger partial charge in [0.05, 0.1) is 11.5 Å². The molecule has 2 atom stereocenters. The summed E-state index contributed by atoms with van der Waals surface area (Å²) < 4.78 is 28.9. The van der Waals surface area contributed by atoms with Crippen molar-refractivity contribution in [3.63, 3.8) is 0 Å². The van der Waals surface area contributed by atoms with Gasteiger partial charge in [-0.25, -0.2) is 8.42 Å². The monoisotopic (exact) mass is 407 g/mol. The number of sulfone groups is 1. The van der Waals surface area contributed by atoms with Gasteiger partial charge in [0.15, 0.2) is 9.84 Å². The molecule has 1 aliphatic rings. The topological polar surface area (TPSA) is 46.6 Å². The highest BCUT2D eigenvalue weighted by Gasteiger charge is 2.29. The summed E-state index contributed by atoms with van der Waals surface area (Å²) in [6.07, 6.45) is 3.31. The van der Waals surface area contributed by atoms with Crippen LogP contribution in [-0.2, 0) is 16.3 Å². The minimum Gasteiger partial charge on any atom is -0.493 e. The van der Waals surface area contributed by atoms with Crippen molar-refractivity contribution in [1.82, 2.24) is 4.90 Å². The fourth-order valence-corrected chi connectivity index (χ4v) is 4.46. The largest absolute Gasteiger partial charge is 0.493 e. The van der Waals surface area contributed by atoms with Crippen LogP contribution in [0.3, 0.4) is 0 Å². The molecule has 0 spiro atoms. The van der Waals surface area contributed by atoms with Crippen molar-refractivity contribution in [2.24, 2.45) is 5.92 Å². The molecule has 0 saturated carbocycles. The summed E-state index contributed by atoms with van der Waals surface area (Å²) in [5.41, 5.74) is 1.26. The molecule has 1 heterocycles. The molecule has 146 valence electrons. The molecular formula is C21H26ClNO3S. The van der Waals surface area contributed by atoms with Gasteiger partial charge in [-0.05, 0) is 61.7 Å². The van der Waals surface area contributed by atoms with Gasteiger partial charge in [-0.3, -0.25) is 4.90 Å². The zero-order valence-electron chi connectivity index (χ0n) is 15.8. The molecule has 1 saturated heterocycles. The Morgan fingerprint density at radius 3 is 2.59 bits per heavy atom. The van der Waals surface area contributed by atoms with Gasteiger partial charge in [-0.2, -0.15) is 0 Å². The zero-order valence-corrected chi connectivity index (χ0v) is 17.3. The van der Waals surface area contributed by atoms with Crippen molar-refractivity contribution >= 4 is 21.4 Å². The highest BCUT2D eigenvalue weighted by Crippen LogP contribution is 2.25. The normalized spacial score (nSPS) is 20.7. The molecule has 0 N–H and O–H groups in total. The number of halogens is 1. The van der Waals surface area contributed by atoms with E-state index >= 15 is 0 Å².